The number of rotatable bonds is 8. The monoisotopic (exact) mass is 226 g/mol. The van der Waals surface area contributed by atoms with Crippen LogP contribution < -0.4 is 5.73 Å². The summed E-state index contributed by atoms with van der Waals surface area (Å²) in [4.78, 5) is 2.55. The number of nitrogens with zero attached hydrogens (tertiary/aromatic N) is 1. The molecule has 0 aliphatic heterocycles. The Morgan fingerprint density at radius 2 is 1.88 bits per heavy atom. The molecule has 3 nitrogen and oxygen atoms in total. The van der Waals surface area contributed by atoms with Crippen LogP contribution in [0.4, 0.5) is 0 Å². The van der Waals surface area contributed by atoms with Crippen LogP contribution >= 0.6 is 0 Å². The third-order valence-corrected chi connectivity index (χ3v) is 4.14. The molecule has 94 valence electrons. The van der Waals surface area contributed by atoms with Gasteiger partial charge in [0.15, 0.2) is 0 Å². The van der Waals surface area contributed by atoms with E-state index in [0.717, 1.165) is 31.5 Å². The van der Waals surface area contributed by atoms with Crippen molar-refractivity contribution >= 4 is 0 Å². The highest BCUT2D eigenvalue weighted by molar-refractivity contribution is 4.90. The minimum atomic E-state index is 0.387. The highest BCUT2D eigenvalue weighted by Crippen LogP contribution is 2.36. The van der Waals surface area contributed by atoms with Crippen LogP contribution in [0.1, 0.15) is 32.6 Å². The fraction of sp³-hybridized carbons (Fsp3) is 1.00. The molecule has 0 aromatic rings. The molecular weight excluding hydrogens is 200 g/mol. The average molecular weight is 226 g/mol. The van der Waals surface area contributed by atoms with E-state index in [1.807, 2.05) is 0 Å². The van der Waals surface area contributed by atoms with Gasteiger partial charge in [-0.15, -0.1) is 0 Å². The predicted octanol–water partition coefficient (Wildman–Crippen LogP) is 1.47. The number of hydrogen-bond acceptors (Lipinski definition) is 3. The Bertz CT molecular complexity index is 214. The Kier molecular flexibility index (Phi) is 4.22. The molecule has 2 atom stereocenters. The zero-order chi connectivity index (χ0) is 11.5. The van der Waals surface area contributed by atoms with Crippen molar-refractivity contribution in [2.75, 3.05) is 26.8 Å². The Labute approximate surface area is 99.3 Å². The van der Waals surface area contributed by atoms with Crippen LogP contribution in [0.5, 0.6) is 0 Å². The SMILES string of the molecule is COCCN(CC(N)C1CC1)C(C)C1CC1. The Hall–Kier alpha value is -0.120. The summed E-state index contributed by atoms with van der Waals surface area (Å²) in [5.41, 5.74) is 6.23. The van der Waals surface area contributed by atoms with Gasteiger partial charge in [-0.05, 0) is 44.4 Å². The van der Waals surface area contributed by atoms with Gasteiger partial charge in [-0.1, -0.05) is 0 Å². The van der Waals surface area contributed by atoms with Gasteiger partial charge in [-0.3, -0.25) is 4.90 Å². The van der Waals surface area contributed by atoms with Crippen molar-refractivity contribution in [3.8, 4) is 0 Å². The maximum absolute atomic E-state index is 6.23. The first kappa shape index (κ1) is 12.3. The van der Waals surface area contributed by atoms with Gasteiger partial charge in [0.1, 0.15) is 0 Å². The van der Waals surface area contributed by atoms with Crippen LogP contribution in [0.25, 0.3) is 0 Å². The van der Waals surface area contributed by atoms with E-state index in [-0.39, 0.29) is 0 Å². The van der Waals surface area contributed by atoms with Crippen LogP contribution in [-0.4, -0.2) is 43.8 Å². The molecule has 2 aliphatic rings. The Morgan fingerprint density at radius 3 is 2.38 bits per heavy atom. The lowest BCUT2D eigenvalue weighted by Gasteiger charge is -2.31. The van der Waals surface area contributed by atoms with E-state index < -0.39 is 0 Å². The van der Waals surface area contributed by atoms with Crippen molar-refractivity contribution in [3.63, 3.8) is 0 Å². The highest BCUT2D eigenvalue weighted by Gasteiger charge is 2.35. The van der Waals surface area contributed by atoms with Crippen molar-refractivity contribution in [2.45, 2.75) is 44.7 Å². The van der Waals surface area contributed by atoms with Crippen LogP contribution in [-0.2, 0) is 4.74 Å². The van der Waals surface area contributed by atoms with Crippen molar-refractivity contribution in [2.24, 2.45) is 17.6 Å². The average Bonchev–Trinajstić information content (AvgIpc) is 3.15. The molecule has 0 radical (unpaired) electrons. The maximum Gasteiger partial charge on any atom is 0.0589 e. The molecule has 0 amide bonds. The summed E-state index contributed by atoms with van der Waals surface area (Å²) in [5.74, 6) is 1.72. The molecule has 2 fully saturated rings. The summed E-state index contributed by atoms with van der Waals surface area (Å²) in [6.45, 7) is 5.28. The van der Waals surface area contributed by atoms with Crippen molar-refractivity contribution in [3.05, 3.63) is 0 Å². The molecule has 2 N–H and O–H groups in total. The lowest BCUT2D eigenvalue weighted by molar-refractivity contribution is 0.110. The third-order valence-electron chi connectivity index (χ3n) is 4.14. The minimum absolute atomic E-state index is 0.387. The molecule has 0 heterocycles. The van der Waals surface area contributed by atoms with Crippen LogP contribution in [0.3, 0.4) is 0 Å². The van der Waals surface area contributed by atoms with Gasteiger partial charge in [0.25, 0.3) is 0 Å². The second-order valence-electron chi connectivity index (χ2n) is 5.57. The standard InChI is InChI=1S/C13H26N2O/c1-10(11-3-4-11)15(7-8-16-2)9-13(14)12-5-6-12/h10-13H,3-9,14H2,1-2H3. The second-order valence-corrected chi connectivity index (χ2v) is 5.57. The lowest BCUT2D eigenvalue weighted by atomic mass is 10.1. The second kappa shape index (κ2) is 5.48. The fourth-order valence-corrected chi connectivity index (χ4v) is 2.49. The first-order valence-electron chi connectivity index (χ1n) is 6.71. The highest BCUT2D eigenvalue weighted by atomic mass is 16.5. The van der Waals surface area contributed by atoms with Gasteiger partial charge in [0.05, 0.1) is 6.61 Å². The first-order valence-corrected chi connectivity index (χ1v) is 6.71. The molecule has 0 saturated heterocycles. The van der Waals surface area contributed by atoms with E-state index in [0.29, 0.717) is 12.1 Å². The molecule has 3 heteroatoms. The summed E-state index contributed by atoms with van der Waals surface area (Å²) >= 11 is 0. The molecule has 16 heavy (non-hydrogen) atoms. The summed E-state index contributed by atoms with van der Waals surface area (Å²) < 4.78 is 5.20. The quantitative estimate of drug-likeness (QED) is 0.681. The maximum atomic E-state index is 6.23. The summed E-state index contributed by atoms with van der Waals surface area (Å²) in [7, 11) is 1.78. The molecule has 0 aromatic carbocycles. The van der Waals surface area contributed by atoms with E-state index in [1.165, 1.54) is 25.7 Å². The predicted molar refractivity (Wildman–Crippen MR) is 66.3 cm³/mol. The molecule has 0 bridgehead atoms. The zero-order valence-corrected chi connectivity index (χ0v) is 10.7. The van der Waals surface area contributed by atoms with Gasteiger partial charge in [0, 0.05) is 32.3 Å². The van der Waals surface area contributed by atoms with Gasteiger partial charge >= 0.3 is 0 Å². The van der Waals surface area contributed by atoms with Crippen LogP contribution in [0.15, 0.2) is 0 Å². The molecule has 2 unspecified atom stereocenters. The van der Waals surface area contributed by atoms with Gasteiger partial charge < -0.3 is 10.5 Å². The minimum Gasteiger partial charge on any atom is -0.383 e. The molecular formula is C13H26N2O. The molecule has 2 aliphatic carbocycles. The summed E-state index contributed by atoms with van der Waals surface area (Å²) in [5, 5.41) is 0. The number of methoxy groups -OCH3 is 1. The van der Waals surface area contributed by atoms with Crippen molar-refractivity contribution < 1.29 is 4.74 Å². The van der Waals surface area contributed by atoms with Crippen LogP contribution in [0, 0.1) is 11.8 Å². The van der Waals surface area contributed by atoms with Crippen molar-refractivity contribution in [1.82, 2.24) is 4.90 Å². The van der Waals surface area contributed by atoms with Gasteiger partial charge in [-0.2, -0.15) is 0 Å². The van der Waals surface area contributed by atoms with Crippen molar-refractivity contribution in [1.29, 1.82) is 0 Å². The Morgan fingerprint density at radius 1 is 1.25 bits per heavy atom. The number of nitrogens with two attached hydrogens (primary N) is 1. The molecule has 0 spiro atoms. The number of ether oxygens (including phenoxy) is 1. The molecule has 2 saturated carbocycles. The summed E-state index contributed by atoms with van der Waals surface area (Å²) in [6, 6.07) is 1.08. The van der Waals surface area contributed by atoms with E-state index in [1.54, 1.807) is 7.11 Å². The lowest BCUT2D eigenvalue weighted by Crippen LogP contribution is -2.45. The van der Waals surface area contributed by atoms with Gasteiger partial charge in [0.2, 0.25) is 0 Å². The third kappa shape index (κ3) is 3.44. The van der Waals surface area contributed by atoms with E-state index in [4.69, 9.17) is 10.5 Å². The fourth-order valence-electron chi connectivity index (χ4n) is 2.49. The van der Waals surface area contributed by atoms with E-state index in [2.05, 4.69) is 11.8 Å². The zero-order valence-electron chi connectivity index (χ0n) is 10.7. The Balaban J connectivity index is 1.79. The van der Waals surface area contributed by atoms with E-state index >= 15 is 0 Å². The largest absolute Gasteiger partial charge is 0.383 e. The molecule has 0 aromatic heterocycles. The van der Waals surface area contributed by atoms with Crippen LogP contribution in [0.2, 0.25) is 0 Å². The van der Waals surface area contributed by atoms with E-state index in [9.17, 15) is 0 Å². The topological polar surface area (TPSA) is 38.5 Å². The first-order chi connectivity index (χ1) is 7.72. The molecule has 2 rings (SSSR count). The smallest absolute Gasteiger partial charge is 0.0589 e. The van der Waals surface area contributed by atoms with Gasteiger partial charge in [-0.25, -0.2) is 0 Å². The normalized spacial score (nSPS) is 24.8. The number of hydrogen-bond donors (Lipinski definition) is 1. The summed E-state index contributed by atoms with van der Waals surface area (Å²) in [6.07, 6.45) is 5.50.